The van der Waals surface area contributed by atoms with Crippen LogP contribution >= 0.6 is 22.6 Å². The fourth-order valence-electron chi connectivity index (χ4n) is 2.71. The number of carbonyl (C=O) groups excluding carboxylic acids is 1. The van der Waals surface area contributed by atoms with E-state index in [0.29, 0.717) is 5.56 Å². The summed E-state index contributed by atoms with van der Waals surface area (Å²) in [5.41, 5.74) is 0.661. The second-order valence-electron chi connectivity index (χ2n) is 5.80. The maximum absolute atomic E-state index is 12.4. The highest BCUT2D eigenvalue weighted by Gasteiger charge is 2.40. The molecule has 0 spiro atoms. The van der Waals surface area contributed by atoms with Gasteiger partial charge in [0.05, 0.1) is 3.57 Å². The lowest BCUT2D eigenvalue weighted by molar-refractivity contribution is 0.0252. The van der Waals surface area contributed by atoms with Crippen LogP contribution in [0.25, 0.3) is 0 Å². The molecule has 0 saturated heterocycles. The maximum Gasteiger partial charge on any atom is 0.253 e. The Labute approximate surface area is 133 Å². The fourth-order valence-corrected chi connectivity index (χ4v) is 3.05. The molecule has 1 saturated carbocycles. The Morgan fingerprint density at radius 2 is 2.00 bits per heavy atom. The van der Waals surface area contributed by atoms with Crippen molar-refractivity contribution >= 4 is 28.5 Å². The standard InChI is InChI=1S/C15H21IN2O2/c1-17(2)15(7-4-8-15)10-18(3)14(20)11-5-6-12(16)13(19)9-11/h5-6,9,19H,4,7-8,10H2,1-3H3. The molecule has 110 valence electrons. The normalized spacial score (nSPS) is 16.9. The number of benzene rings is 1. The molecule has 4 nitrogen and oxygen atoms in total. The number of hydrogen-bond acceptors (Lipinski definition) is 3. The minimum absolute atomic E-state index is 0.0372. The van der Waals surface area contributed by atoms with Crippen LogP contribution < -0.4 is 0 Å². The first kappa shape index (κ1) is 15.6. The third kappa shape index (κ3) is 2.93. The largest absolute Gasteiger partial charge is 0.507 e. The third-order valence-corrected chi connectivity index (χ3v) is 5.22. The molecule has 0 heterocycles. The van der Waals surface area contributed by atoms with Crippen LogP contribution in [-0.2, 0) is 0 Å². The van der Waals surface area contributed by atoms with Gasteiger partial charge >= 0.3 is 0 Å². The average molecular weight is 388 g/mol. The van der Waals surface area contributed by atoms with Gasteiger partial charge in [0.15, 0.2) is 0 Å². The van der Waals surface area contributed by atoms with Gasteiger partial charge in [0.25, 0.3) is 5.91 Å². The first-order valence-corrected chi connectivity index (χ1v) is 7.85. The van der Waals surface area contributed by atoms with E-state index in [2.05, 4.69) is 19.0 Å². The number of phenols is 1. The minimum Gasteiger partial charge on any atom is -0.507 e. The van der Waals surface area contributed by atoms with Crippen LogP contribution in [-0.4, -0.2) is 54.0 Å². The van der Waals surface area contributed by atoms with E-state index in [1.54, 1.807) is 23.1 Å². The Bertz CT molecular complexity index is 513. The highest BCUT2D eigenvalue weighted by molar-refractivity contribution is 14.1. The van der Waals surface area contributed by atoms with Crippen molar-refractivity contribution in [2.45, 2.75) is 24.8 Å². The molecule has 1 N–H and O–H groups in total. The number of nitrogens with zero attached hydrogens (tertiary/aromatic N) is 2. The van der Waals surface area contributed by atoms with Gasteiger partial charge < -0.3 is 14.9 Å². The smallest absolute Gasteiger partial charge is 0.253 e. The number of halogens is 1. The molecule has 0 atom stereocenters. The van der Waals surface area contributed by atoms with E-state index in [1.165, 1.54) is 6.42 Å². The van der Waals surface area contributed by atoms with Gasteiger partial charge in [-0.25, -0.2) is 0 Å². The summed E-state index contributed by atoms with van der Waals surface area (Å²) in [7, 11) is 5.99. The van der Waals surface area contributed by atoms with Gasteiger partial charge in [0, 0.05) is 24.7 Å². The summed E-state index contributed by atoms with van der Waals surface area (Å²) in [6.07, 6.45) is 3.50. The van der Waals surface area contributed by atoms with Crippen molar-refractivity contribution < 1.29 is 9.90 Å². The quantitative estimate of drug-likeness (QED) is 0.807. The van der Waals surface area contributed by atoms with Crippen molar-refractivity contribution in [1.29, 1.82) is 0 Å². The summed E-state index contributed by atoms with van der Waals surface area (Å²) in [6.45, 7) is 0.728. The Kier molecular flexibility index (Phi) is 4.59. The number of likely N-dealkylation sites (N-methyl/N-ethyl adjacent to an activating group) is 2. The van der Waals surface area contributed by atoms with Gasteiger partial charge in [0.2, 0.25) is 0 Å². The number of carbonyl (C=O) groups is 1. The molecule has 1 aromatic rings. The fraction of sp³-hybridized carbons (Fsp3) is 0.533. The van der Waals surface area contributed by atoms with Crippen molar-refractivity contribution in [1.82, 2.24) is 9.80 Å². The predicted octanol–water partition coefficient (Wildman–Crippen LogP) is 2.55. The summed E-state index contributed by atoms with van der Waals surface area (Å²) in [5, 5.41) is 9.72. The number of aromatic hydroxyl groups is 1. The molecule has 1 fully saturated rings. The number of hydrogen-bond donors (Lipinski definition) is 1. The van der Waals surface area contributed by atoms with E-state index in [-0.39, 0.29) is 17.2 Å². The van der Waals surface area contributed by atoms with Crippen molar-refractivity contribution in [3.05, 3.63) is 27.3 Å². The van der Waals surface area contributed by atoms with Gasteiger partial charge in [-0.3, -0.25) is 4.79 Å². The molecule has 1 aliphatic carbocycles. The van der Waals surface area contributed by atoms with Crippen LogP contribution in [0.1, 0.15) is 29.6 Å². The lowest BCUT2D eigenvalue weighted by atomic mass is 9.75. The molecule has 0 radical (unpaired) electrons. The SMILES string of the molecule is CN(CC1(N(C)C)CCC1)C(=O)c1ccc(I)c(O)c1. The van der Waals surface area contributed by atoms with Crippen molar-refractivity contribution in [2.24, 2.45) is 0 Å². The molecule has 0 unspecified atom stereocenters. The van der Waals surface area contributed by atoms with Crippen LogP contribution in [0.4, 0.5) is 0 Å². The molecule has 2 rings (SSSR count). The lowest BCUT2D eigenvalue weighted by Gasteiger charge is -2.49. The molecular formula is C15H21IN2O2. The Morgan fingerprint density at radius 3 is 2.45 bits per heavy atom. The topological polar surface area (TPSA) is 43.8 Å². The number of amides is 1. The van der Waals surface area contributed by atoms with Gasteiger partial charge in [-0.2, -0.15) is 0 Å². The van der Waals surface area contributed by atoms with Crippen molar-refractivity contribution in [3.63, 3.8) is 0 Å². The van der Waals surface area contributed by atoms with Crippen LogP contribution in [0.2, 0.25) is 0 Å². The van der Waals surface area contributed by atoms with Crippen LogP contribution in [0.5, 0.6) is 5.75 Å². The zero-order chi connectivity index (χ0) is 14.9. The van der Waals surface area contributed by atoms with E-state index >= 15 is 0 Å². The van der Waals surface area contributed by atoms with E-state index in [4.69, 9.17) is 0 Å². The molecule has 0 bridgehead atoms. The Morgan fingerprint density at radius 1 is 1.35 bits per heavy atom. The maximum atomic E-state index is 12.4. The van der Waals surface area contributed by atoms with Crippen LogP contribution in [0.15, 0.2) is 18.2 Å². The molecule has 1 amide bonds. The molecule has 0 aliphatic heterocycles. The zero-order valence-electron chi connectivity index (χ0n) is 12.2. The van der Waals surface area contributed by atoms with Gasteiger partial charge in [-0.15, -0.1) is 0 Å². The lowest BCUT2D eigenvalue weighted by Crippen LogP contribution is -2.57. The Hall–Kier alpha value is -0.820. The molecule has 1 aromatic carbocycles. The monoisotopic (exact) mass is 388 g/mol. The summed E-state index contributed by atoms with van der Waals surface area (Å²) in [5.74, 6) is 0.126. The van der Waals surface area contributed by atoms with Crippen LogP contribution in [0, 0.1) is 3.57 Å². The first-order valence-electron chi connectivity index (χ1n) is 6.77. The Balaban J connectivity index is 2.10. The summed E-state index contributed by atoms with van der Waals surface area (Å²) in [6, 6.07) is 5.08. The number of rotatable bonds is 4. The predicted molar refractivity (Wildman–Crippen MR) is 88.1 cm³/mol. The highest BCUT2D eigenvalue weighted by Crippen LogP contribution is 2.36. The zero-order valence-corrected chi connectivity index (χ0v) is 14.3. The minimum atomic E-state index is -0.0372. The van der Waals surface area contributed by atoms with E-state index in [9.17, 15) is 9.90 Å². The van der Waals surface area contributed by atoms with Gasteiger partial charge in [-0.1, -0.05) is 0 Å². The highest BCUT2D eigenvalue weighted by atomic mass is 127. The summed E-state index contributed by atoms with van der Waals surface area (Å²) >= 11 is 2.05. The van der Waals surface area contributed by atoms with Gasteiger partial charge in [-0.05, 0) is 74.1 Å². The number of phenolic OH excluding ortho intramolecular Hbond substituents is 1. The second-order valence-corrected chi connectivity index (χ2v) is 6.96. The molecule has 5 heteroatoms. The van der Waals surface area contributed by atoms with E-state index in [1.807, 2.05) is 29.6 Å². The molecular weight excluding hydrogens is 367 g/mol. The van der Waals surface area contributed by atoms with Gasteiger partial charge in [0.1, 0.15) is 5.75 Å². The average Bonchev–Trinajstić information content (AvgIpc) is 2.35. The third-order valence-electron chi connectivity index (χ3n) is 4.30. The van der Waals surface area contributed by atoms with E-state index < -0.39 is 0 Å². The summed E-state index contributed by atoms with van der Waals surface area (Å²) in [4.78, 5) is 16.4. The van der Waals surface area contributed by atoms with Crippen molar-refractivity contribution in [2.75, 3.05) is 27.7 Å². The molecule has 20 heavy (non-hydrogen) atoms. The van der Waals surface area contributed by atoms with Crippen LogP contribution in [0.3, 0.4) is 0 Å². The second kappa shape index (κ2) is 5.89. The molecule has 1 aliphatic rings. The van der Waals surface area contributed by atoms with E-state index in [0.717, 1.165) is 23.0 Å². The first-order chi connectivity index (χ1) is 9.35. The summed E-state index contributed by atoms with van der Waals surface area (Å²) < 4.78 is 0.755. The molecule has 0 aromatic heterocycles. The van der Waals surface area contributed by atoms with Crippen molar-refractivity contribution in [3.8, 4) is 5.75 Å².